The largest absolute Gasteiger partial charge is 0.450 e. The van der Waals surface area contributed by atoms with E-state index in [-0.39, 0.29) is 23.3 Å². The zero-order valence-corrected chi connectivity index (χ0v) is 19.6. The molecule has 2 amide bonds. The van der Waals surface area contributed by atoms with Crippen LogP contribution in [0.5, 0.6) is 0 Å². The topological polar surface area (TPSA) is 84.7 Å². The Kier molecular flexibility index (Phi) is 7.20. The van der Waals surface area contributed by atoms with Gasteiger partial charge in [0.25, 0.3) is 5.56 Å². The number of carbonyl (C=O) groups excluding carboxylic acids is 2. The summed E-state index contributed by atoms with van der Waals surface area (Å²) in [6, 6.07) is 14.1. The van der Waals surface area contributed by atoms with Gasteiger partial charge in [-0.15, -0.1) is 0 Å². The van der Waals surface area contributed by atoms with Gasteiger partial charge >= 0.3 is 6.09 Å². The van der Waals surface area contributed by atoms with E-state index in [4.69, 9.17) is 16.3 Å². The number of hydrogen-bond acceptors (Lipinski definition) is 6. The van der Waals surface area contributed by atoms with Crippen LogP contribution in [0.3, 0.4) is 0 Å². The predicted molar refractivity (Wildman–Crippen MR) is 128 cm³/mol. The maximum Gasteiger partial charge on any atom is 0.409 e. The molecule has 1 fully saturated rings. The molecule has 0 radical (unpaired) electrons. The fourth-order valence-corrected chi connectivity index (χ4v) is 4.75. The molecule has 172 valence electrons. The lowest BCUT2D eigenvalue weighted by Gasteiger charge is -2.34. The van der Waals surface area contributed by atoms with E-state index in [1.54, 1.807) is 59.2 Å². The first kappa shape index (κ1) is 23.1. The molecule has 0 saturated carbocycles. The maximum atomic E-state index is 13.3. The summed E-state index contributed by atoms with van der Waals surface area (Å²) in [4.78, 5) is 46.0. The van der Waals surface area contributed by atoms with E-state index in [1.165, 1.54) is 16.3 Å². The van der Waals surface area contributed by atoms with Crippen LogP contribution in [0.1, 0.15) is 6.92 Å². The number of carbonyl (C=O) groups is 2. The van der Waals surface area contributed by atoms with Crippen LogP contribution in [0.15, 0.2) is 58.5 Å². The standard InChI is InChI=1S/C23H23ClN4O4S/c1-2-32-23(31)27-13-11-26(12-14-27)20(29)15-33-22-25-18-9-5-3-7-16(18)21(30)28(22)19-10-6-4-8-17(19)24/h3-10H,2,11-15H2,1H3. The average molecular weight is 487 g/mol. The van der Waals surface area contributed by atoms with Gasteiger partial charge in [-0.3, -0.25) is 14.2 Å². The normalized spacial score (nSPS) is 13.9. The van der Waals surface area contributed by atoms with Crippen LogP contribution in [-0.4, -0.2) is 69.9 Å². The number of aromatic nitrogens is 2. The summed E-state index contributed by atoms with van der Waals surface area (Å²) in [6.45, 7) is 3.79. The number of piperazine rings is 1. The number of para-hydroxylation sites is 2. The van der Waals surface area contributed by atoms with Gasteiger partial charge in [0, 0.05) is 26.2 Å². The third kappa shape index (κ3) is 4.99. The van der Waals surface area contributed by atoms with Crippen molar-refractivity contribution in [3.8, 4) is 5.69 Å². The van der Waals surface area contributed by atoms with Crippen molar-refractivity contribution in [2.45, 2.75) is 12.1 Å². The van der Waals surface area contributed by atoms with Crippen molar-refractivity contribution in [1.82, 2.24) is 19.4 Å². The van der Waals surface area contributed by atoms with Crippen LogP contribution in [-0.2, 0) is 9.53 Å². The molecule has 10 heteroatoms. The molecule has 2 aromatic carbocycles. The number of amides is 2. The SMILES string of the molecule is CCOC(=O)N1CCN(C(=O)CSc2nc3ccccc3c(=O)n2-c2ccccc2Cl)CC1. The minimum Gasteiger partial charge on any atom is -0.450 e. The number of nitrogens with zero attached hydrogens (tertiary/aromatic N) is 4. The summed E-state index contributed by atoms with van der Waals surface area (Å²) >= 11 is 7.58. The Hall–Kier alpha value is -3.04. The lowest BCUT2D eigenvalue weighted by molar-refractivity contribution is -0.129. The summed E-state index contributed by atoms with van der Waals surface area (Å²) < 4.78 is 6.48. The Balaban J connectivity index is 1.55. The van der Waals surface area contributed by atoms with Crippen LogP contribution in [0.2, 0.25) is 5.02 Å². The first-order chi connectivity index (χ1) is 16.0. The summed E-state index contributed by atoms with van der Waals surface area (Å²) in [6.07, 6.45) is -0.358. The highest BCUT2D eigenvalue weighted by atomic mass is 35.5. The molecule has 4 rings (SSSR count). The summed E-state index contributed by atoms with van der Waals surface area (Å²) in [5.74, 6) is 0.0193. The highest BCUT2D eigenvalue weighted by Gasteiger charge is 2.25. The minimum atomic E-state index is -0.358. The lowest BCUT2D eigenvalue weighted by Crippen LogP contribution is -2.51. The summed E-state index contributed by atoms with van der Waals surface area (Å²) in [7, 11) is 0. The second kappa shape index (κ2) is 10.3. The van der Waals surface area contributed by atoms with Crippen LogP contribution >= 0.6 is 23.4 Å². The number of benzene rings is 2. The second-order valence-corrected chi connectivity index (χ2v) is 8.71. The van der Waals surface area contributed by atoms with Gasteiger partial charge in [0.15, 0.2) is 5.16 Å². The number of hydrogen-bond donors (Lipinski definition) is 0. The van der Waals surface area contributed by atoms with E-state index in [9.17, 15) is 14.4 Å². The quantitative estimate of drug-likeness (QED) is 0.406. The van der Waals surface area contributed by atoms with Gasteiger partial charge in [-0.25, -0.2) is 9.78 Å². The van der Waals surface area contributed by atoms with E-state index in [0.717, 1.165) is 0 Å². The summed E-state index contributed by atoms with van der Waals surface area (Å²) in [5.41, 5.74) is 0.830. The maximum absolute atomic E-state index is 13.3. The fourth-order valence-electron chi connectivity index (χ4n) is 3.63. The molecule has 1 aliphatic rings. The summed E-state index contributed by atoms with van der Waals surface area (Å²) in [5, 5.41) is 1.29. The third-order valence-electron chi connectivity index (χ3n) is 5.32. The van der Waals surface area contributed by atoms with Gasteiger partial charge in [-0.1, -0.05) is 47.6 Å². The van der Waals surface area contributed by atoms with Crippen molar-refractivity contribution in [3.63, 3.8) is 0 Å². The molecule has 0 bridgehead atoms. The van der Waals surface area contributed by atoms with Crippen LogP contribution in [0.25, 0.3) is 16.6 Å². The lowest BCUT2D eigenvalue weighted by atomic mass is 10.2. The smallest absolute Gasteiger partial charge is 0.409 e. The Morgan fingerprint density at radius 3 is 2.42 bits per heavy atom. The van der Waals surface area contributed by atoms with Crippen molar-refractivity contribution < 1.29 is 14.3 Å². The fraction of sp³-hybridized carbons (Fsp3) is 0.304. The number of halogens is 1. The predicted octanol–water partition coefficient (Wildman–Crippen LogP) is 3.43. The van der Waals surface area contributed by atoms with Crippen LogP contribution < -0.4 is 5.56 Å². The molecule has 0 unspecified atom stereocenters. The van der Waals surface area contributed by atoms with Crippen LogP contribution in [0.4, 0.5) is 4.79 Å². The first-order valence-electron chi connectivity index (χ1n) is 10.6. The third-order valence-corrected chi connectivity index (χ3v) is 6.56. The van der Waals surface area contributed by atoms with Gasteiger partial charge in [0.2, 0.25) is 5.91 Å². The zero-order chi connectivity index (χ0) is 23.4. The second-order valence-electron chi connectivity index (χ2n) is 7.36. The molecule has 1 saturated heterocycles. The molecule has 0 N–H and O–H groups in total. The molecule has 8 nitrogen and oxygen atoms in total. The Morgan fingerprint density at radius 1 is 1.03 bits per heavy atom. The molecule has 0 aliphatic carbocycles. The molecule has 1 aromatic heterocycles. The molecular formula is C23H23ClN4O4S. The first-order valence-corrected chi connectivity index (χ1v) is 11.9. The average Bonchev–Trinajstić information content (AvgIpc) is 2.83. The van der Waals surface area contributed by atoms with E-state index in [2.05, 4.69) is 4.98 Å². The highest BCUT2D eigenvalue weighted by Crippen LogP contribution is 2.26. The van der Waals surface area contributed by atoms with Gasteiger partial charge in [0.05, 0.1) is 34.0 Å². The van der Waals surface area contributed by atoms with E-state index in [1.807, 2.05) is 6.07 Å². The van der Waals surface area contributed by atoms with Crippen molar-refractivity contribution >= 4 is 46.3 Å². The van der Waals surface area contributed by atoms with Crippen molar-refractivity contribution in [2.24, 2.45) is 0 Å². The van der Waals surface area contributed by atoms with Gasteiger partial charge in [-0.05, 0) is 31.2 Å². The molecular weight excluding hydrogens is 464 g/mol. The number of ether oxygens (including phenoxy) is 1. The van der Waals surface area contributed by atoms with Gasteiger partial charge in [-0.2, -0.15) is 0 Å². The Labute approximate surface area is 200 Å². The van der Waals surface area contributed by atoms with Crippen LogP contribution in [0, 0.1) is 0 Å². The number of thioether (sulfide) groups is 1. The highest BCUT2D eigenvalue weighted by molar-refractivity contribution is 7.99. The van der Waals surface area contributed by atoms with E-state index < -0.39 is 0 Å². The van der Waals surface area contributed by atoms with E-state index in [0.29, 0.717) is 59.6 Å². The molecule has 1 aliphatic heterocycles. The molecule has 2 heterocycles. The molecule has 0 atom stereocenters. The minimum absolute atomic E-state index is 0.0865. The molecule has 0 spiro atoms. The van der Waals surface area contributed by atoms with E-state index >= 15 is 0 Å². The zero-order valence-electron chi connectivity index (χ0n) is 18.1. The van der Waals surface area contributed by atoms with Crippen molar-refractivity contribution in [1.29, 1.82) is 0 Å². The van der Waals surface area contributed by atoms with Gasteiger partial charge in [0.1, 0.15) is 0 Å². The number of fused-ring (bicyclic) bond motifs is 1. The molecule has 3 aromatic rings. The Morgan fingerprint density at radius 2 is 1.70 bits per heavy atom. The van der Waals surface area contributed by atoms with Crippen molar-refractivity contribution in [2.75, 3.05) is 38.5 Å². The Bertz CT molecular complexity index is 1240. The molecule has 33 heavy (non-hydrogen) atoms. The number of rotatable bonds is 5. The van der Waals surface area contributed by atoms with Gasteiger partial charge < -0.3 is 14.5 Å². The van der Waals surface area contributed by atoms with Crippen molar-refractivity contribution in [3.05, 3.63) is 63.9 Å². The monoisotopic (exact) mass is 486 g/mol.